The minimum absolute atomic E-state index is 0.160. The highest BCUT2D eigenvalue weighted by Crippen LogP contribution is 2.38. The average Bonchev–Trinajstić information content (AvgIpc) is 2.80. The standard InChI is InChI=1S/C25H28N2O6/c1-17-11-18(2)13-20(12-17)27(10-6-9-26)23(28)16-33-24(29)8-7-19-14-21(30-3)25(32-5)22(15-19)31-4/h7-8,11-15H,6,10,16H2,1-5H3/b8-7+. The third-order valence-electron chi connectivity index (χ3n) is 4.70. The molecule has 0 atom stereocenters. The molecular formula is C25H28N2O6. The zero-order valence-corrected chi connectivity index (χ0v) is 19.5. The Morgan fingerprint density at radius 1 is 0.970 bits per heavy atom. The van der Waals surface area contributed by atoms with E-state index in [0.717, 1.165) is 11.1 Å². The first-order chi connectivity index (χ1) is 15.8. The molecule has 8 heteroatoms. The van der Waals surface area contributed by atoms with E-state index in [9.17, 15) is 9.59 Å². The summed E-state index contributed by atoms with van der Waals surface area (Å²) >= 11 is 0. The molecule has 2 aromatic carbocycles. The average molecular weight is 453 g/mol. The van der Waals surface area contributed by atoms with E-state index in [-0.39, 0.29) is 13.0 Å². The minimum Gasteiger partial charge on any atom is -0.493 e. The van der Waals surface area contributed by atoms with E-state index in [1.165, 1.54) is 38.4 Å². The number of carbonyl (C=O) groups is 2. The van der Waals surface area contributed by atoms with Gasteiger partial charge in [-0.05, 0) is 60.9 Å². The van der Waals surface area contributed by atoms with E-state index in [4.69, 9.17) is 24.2 Å². The molecule has 0 aliphatic carbocycles. The van der Waals surface area contributed by atoms with Gasteiger partial charge < -0.3 is 23.8 Å². The molecule has 33 heavy (non-hydrogen) atoms. The molecule has 0 heterocycles. The van der Waals surface area contributed by atoms with Crippen LogP contribution in [0.3, 0.4) is 0 Å². The lowest BCUT2D eigenvalue weighted by Gasteiger charge is -2.22. The molecule has 0 fully saturated rings. The number of anilines is 1. The first-order valence-electron chi connectivity index (χ1n) is 10.2. The molecular weight excluding hydrogens is 424 g/mol. The molecule has 0 spiro atoms. The Labute approximate surface area is 193 Å². The van der Waals surface area contributed by atoms with Crippen molar-refractivity contribution in [3.05, 3.63) is 53.1 Å². The molecule has 174 valence electrons. The van der Waals surface area contributed by atoms with E-state index in [1.807, 2.05) is 38.1 Å². The van der Waals surface area contributed by atoms with Crippen LogP contribution in [-0.2, 0) is 14.3 Å². The van der Waals surface area contributed by atoms with Gasteiger partial charge in [0.2, 0.25) is 5.75 Å². The van der Waals surface area contributed by atoms with Crippen molar-refractivity contribution in [1.29, 1.82) is 5.26 Å². The summed E-state index contributed by atoms with van der Waals surface area (Å²) in [6, 6.07) is 11.1. The first-order valence-corrected chi connectivity index (χ1v) is 10.2. The molecule has 2 rings (SSSR count). The first kappa shape index (κ1) is 25.3. The molecule has 0 aliphatic rings. The van der Waals surface area contributed by atoms with E-state index in [2.05, 4.69) is 0 Å². The highest BCUT2D eigenvalue weighted by molar-refractivity contribution is 5.96. The highest BCUT2D eigenvalue weighted by atomic mass is 16.5. The van der Waals surface area contributed by atoms with Gasteiger partial charge in [-0.15, -0.1) is 0 Å². The monoisotopic (exact) mass is 452 g/mol. The second kappa shape index (κ2) is 12.2. The number of carbonyl (C=O) groups excluding carboxylic acids is 2. The number of hydrogen-bond donors (Lipinski definition) is 0. The summed E-state index contributed by atoms with van der Waals surface area (Å²) in [6.07, 6.45) is 2.90. The number of benzene rings is 2. The van der Waals surface area contributed by atoms with Crippen LogP contribution in [0.5, 0.6) is 17.2 Å². The fourth-order valence-corrected chi connectivity index (χ4v) is 3.29. The van der Waals surface area contributed by atoms with Crippen molar-refractivity contribution in [2.24, 2.45) is 0 Å². The summed E-state index contributed by atoms with van der Waals surface area (Å²) in [6.45, 7) is 3.61. The van der Waals surface area contributed by atoms with Gasteiger partial charge in [-0.3, -0.25) is 4.79 Å². The fourth-order valence-electron chi connectivity index (χ4n) is 3.29. The van der Waals surface area contributed by atoms with Crippen LogP contribution in [0.15, 0.2) is 36.4 Å². The maximum absolute atomic E-state index is 12.8. The van der Waals surface area contributed by atoms with E-state index in [1.54, 1.807) is 12.1 Å². The third kappa shape index (κ3) is 7.01. The third-order valence-corrected chi connectivity index (χ3v) is 4.70. The Hall–Kier alpha value is -3.99. The van der Waals surface area contributed by atoms with Crippen LogP contribution in [0, 0.1) is 25.2 Å². The van der Waals surface area contributed by atoms with Crippen LogP contribution in [0.2, 0.25) is 0 Å². The van der Waals surface area contributed by atoms with Gasteiger partial charge in [0, 0.05) is 18.3 Å². The summed E-state index contributed by atoms with van der Waals surface area (Å²) in [4.78, 5) is 26.4. The zero-order chi connectivity index (χ0) is 24.4. The van der Waals surface area contributed by atoms with E-state index < -0.39 is 18.5 Å². The normalized spacial score (nSPS) is 10.4. The topological polar surface area (TPSA) is 98.1 Å². The molecule has 0 N–H and O–H groups in total. The summed E-state index contributed by atoms with van der Waals surface area (Å²) in [5.41, 5.74) is 3.27. The largest absolute Gasteiger partial charge is 0.493 e. The van der Waals surface area contributed by atoms with Gasteiger partial charge in [-0.1, -0.05) is 6.07 Å². The Balaban J connectivity index is 2.10. The smallest absolute Gasteiger partial charge is 0.331 e. The van der Waals surface area contributed by atoms with Crippen LogP contribution < -0.4 is 19.1 Å². The molecule has 0 aliphatic heterocycles. The lowest BCUT2D eigenvalue weighted by Crippen LogP contribution is -2.35. The van der Waals surface area contributed by atoms with Crippen LogP contribution in [0.4, 0.5) is 5.69 Å². The van der Waals surface area contributed by atoms with Gasteiger partial charge in [-0.2, -0.15) is 5.26 Å². The van der Waals surface area contributed by atoms with Crippen LogP contribution in [-0.4, -0.2) is 46.4 Å². The number of ether oxygens (including phenoxy) is 4. The van der Waals surface area contributed by atoms with E-state index in [0.29, 0.717) is 28.5 Å². The van der Waals surface area contributed by atoms with Gasteiger partial charge in [0.15, 0.2) is 18.1 Å². The predicted octanol–water partition coefficient (Wildman–Crippen LogP) is 3.83. The van der Waals surface area contributed by atoms with Gasteiger partial charge in [-0.25, -0.2) is 4.79 Å². The molecule has 0 aromatic heterocycles. The number of esters is 1. The van der Waals surface area contributed by atoms with Crippen molar-refractivity contribution in [3.8, 4) is 23.3 Å². The maximum Gasteiger partial charge on any atom is 0.331 e. The van der Waals surface area contributed by atoms with Crippen molar-refractivity contribution in [2.45, 2.75) is 20.3 Å². The Kier molecular flexibility index (Phi) is 9.30. The summed E-state index contributed by atoms with van der Waals surface area (Å²) in [5.74, 6) is 0.236. The van der Waals surface area contributed by atoms with Crippen molar-refractivity contribution in [2.75, 3.05) is 39.4 Å². The van der Waals surface area contributed by atoms with Gasteiger partial charge in [0.25, 0.3) is 5.91 Å². The van der Waals surface area contributed by atoms with Gasteiger partial charge in [0.1, 0.15) is 0 Å². The van der Waals surface area contributed by atoms with Crippen molar-refractivity contribution in [1.82, 2.24) is 0 Å². The number of hydrogen-bond acceptors (Lipinski definition) is 7. The number of amides is 1. The molecule has 0 bridgehead atoms. The van der Waals surface area contributed by atoms with Crippen LogP contribution >= 0.6 is 0 Å². The number of methoxy groups -OCH3 is 3. The van der Waals surface area contributed by atoms with E-state index >= 15 is 0 Å². The van der Waals surface area contributed by atoms with Crippen molar-refractivity contribution < 1.29 is 28.5 Å². The highest BCUT2D eigenvalue weighted by Gasteiger charge is 2.18. The second-order valence-electron chi connectivity index (χ2n) is 7.20. The number of rotatable bonds is 10. The number of nitriles is 1. The minimum atomic E-state index is -0.683. The molecule has 0 radical (unpaired) electrons. The molecule has 2 aromatic rings. The van der Waals surface area contributed by atoms with Gasteiger partial charge in [0.05, 0.1) is 33.8 Å². The number of aryl methyl sites for hydroxylation is 2. The molecule has 0 unspecified atom stereocenters. The maximum atomic E-state index is 12.8. The Bertz CT molecular complexity index is 1030. The molecule has 8 nitrogen and oxygen atoms in total. The SMILES string of the molecule is COc1cc(/C=C/C(=O)OCC(=O)N(CCC#N)c2cc(C)cc(C)c2)cc(OC)c1OC. The lowest BCUT2D eigenvalue weighted by molar-refractivity contribution is -0.142. The summed E-state index contributed by atoms with van der Waals surface area (Å²) < 4.78 is 21.0. The number of nitrogens with zero attached hydrogens (tertiary/aromatic N) is 2. The zero-order valence-electron chi connectivity index (χ0n) is 19.5. The predicted molar refractivity (Wildman–Crippen MR) is 125 cm³/mol. The van der Waals surface area contributed by atoms with Crippen LogP contribution in [0.1, 0.15) is 23.1 Å². The Morgan fingerprint density at radius 2 is 1.58 bits per heavy atom. The summed E-state index contributed by atoms with van der Waals surface area (Å²) in [5, 5.41) is 8.95. The quantitative estimate of drug-likeness (QED) is 0.399. The van der Waals surface area contributed by atoms with Crippen LogP contribution in [0.25, 0.3) is 6.08 Å². The summed E-state index contributed by atoms with van der Waals surface area (Å²) in [7, 11) is 4.50. The second-order valence-corrected chi connectivity index (χ2v) is 7.20. The fraction of sp³-hybridized carbons (Fsp3) is 0.320. The lowest BCUT2D eigenvalue weighted by atomic mass is 10.1. The molecule has 1 amide bonds. The van der Waals surface area contributed by atoms with Gasteiger partial charge >= 0.3 is 5.97 Å². The van der Waals surface area contributed by atoms with Crippen molar-refractivity contribution >= 4 is 23.6 Å². The molecule has 0 saturated heterocycles. The van der Waals surface area contributed by atoms with Crippen molar-refractivity contribution in [3.63, 3.8) is 0 Å². The Morgan fingerprint density at radius 3 is 2.09 bits per heavy atom. The molecule has 0 saturated carbocycles.